The molecule has 136 valence electrons. The topological polar surface area (TPSA) is 111 Å². The molecule has 1 saturated heterocycles. The van der Waals surface area contributed by atoms with Crippen LogP contribution in [-0.4, -0.2) is 38.8 Å². The van der Waals surface area contributed by atoms with E-state index in [1.807, 2.05) is 0 Å². The molecule has 1 aliphatic rings. The number of sulfonamides is 1. The zero-order chi connectivity index (χ0) is 16.9. The molecule has 0 spiro atoms. The first-order valence-electron chi connectivity index (χ1n) is 7.63. The second kappa shape index (κ2) is 8.66. The maximum Gasteiger partial charge on any atom is 0.244 e. The fourth-order valence-electron chi connectivity index (χ4n) is 2.34. The molecule has 1 aliphatic heterocycles. The highest BCUT2D eigenvalue weighted by Crippen LogP contribution is 2.21. The molecule has 7 nitrogen and oxygen atoms in total. The largest absolute Gasteiger partial charge is 0.381 e. The van der Waals surface area contributed by atoms with E-state index in [2.05, 4.69) is 10.0 Å². The molecule has 1 aromatic rings. The summed E-state index contributed by atoms with van der Waals surface area (Å²) in [4.78, 5) is 12.3. The number of ether oxygens (including phenoxy) is 1. The van der Waals surface area contributed by atoms with Gasteiger partial charge in [0.05, 0.1) is 5.75 Å². The molecule has 9 heteroatoms. The minimum absolute atomic E-state index is 0. The smallest absolute Gasteiger partial charge is 0.244 e. The number of hydrogen-bond donors (Lipinski definition) is 3. The normalized spacial score (nSPS) is 16.8. The lowest BCUT2D eigenvalue weighted by molar-refractivity contribution is -0.124. The van der Waals surface area contributed by atoms with Crippen LogP contribution in [-0.2, 0) is 19.6 Å². The van der Waals surface area contributed by atoms with Gasteiger partial charge in [-0.05, 0) is 43.5 Å². The summed E-state index contributed by atoms with van der Waals surface area (Å²) >= 11 is 0. The fraction of sp³-hybridized carbons (Fsp3) is 0.533. The molecule has 1 fully saturated rings. The van der Waals surface area contributed by atoms with Crippen molar-refractivity contribution in [1.29, 1.82) is 0 Å². The number of nitrogens with one attached hydrogen (secondary N) is 2. The Morgan fingerprint density at radius 3 is 2.29 bits per heavy atom. The van der Waals surface area contributed by atoms with Crippen LogP contribution in [0.3, 0.4) is 0 Å². The molecule has 24 heavy (non-hydrogen) atoms. The van der Waals surface area contributed by atoms with E-state index in [0.717, 1.165) is 0 Å². The lowest BCUT2D eigenvalue weighted by Gasteiger charge is -2.31. The first-order valence-corrected chi connectivity index (χ1v) is 9.28. The van der Waals surface area contributed by atoms with E-state index in [9.17, 15) is 13.2 Å². The Kier molecular flexibility index (Phi) is 7.47. The summed E-state index contributed by atoms with van der Waals surface area (Å²) in [6.45, 7) is 2.75. The average Bonchev–Trinajstić information content (AvgIpc) is 2.49. The average molecular weight is 378 g/mol. The van der Waals surface area contributed by atoms with E-state index in [0.29, 0.717) is 43.9 Å². The van der Waals surface area contributed by atoms with Crippen molar-refractivity contribution in [2.45, 2.75) is 31.7 Å². The number of carbonyl (C=O) groups is 1. The third-order valence-electron chi connectivity index (χ3n) is 3.73. The highest BCUT2D eigenvalue weighted by Gasteiger charge is 2.35. The molecule has 0 aliphatic carbocycles. The van der Waals surface area contributed by atoms with E-state index in [1.54, 1.807) is 31.2 Å². The molecule has 0 aromatic heterocycles. The minimum atomic E-state index is -3.32. The number of rotatable bonds is 6. The van der Waals surface area contributed by atoms with Crippen molar-refractivity contribution in [2.24, 2.45) is 5.73 Å². The van der Waals surface area contributed by atoms with Crippen LogP contribution >= 0.6 is 12.4 Å². The highest BCUT2D eigenvalue weighted by atomic mass is 35.5. The Morgan fingerprint density at radius 1 is 1.21 bits per heavy atom. The Bertz CT molecular complexity index is 643. The molecule has 2 rings (SSSR count). The quantitative estimate of drug-likeness (QED) is 0.698. The van der Waals surface area contributed by atoms with Crippen LogP contribution in [0.15, 0.2) is 24.3 Å². The third kappa shape index (κ3) is 5.62. The zero-order valence-electron chi connectivity index (χ0n) is 13.6. The number of anilines is 2. The summed E-state index contributed by atoms with van der Waals surface area (Å²) in [5.41, 5.74) is 6.23. The van der Waals surface area contributed by atoms with Crippen LogP contribution in [0.5, 0.6) is 0 Å². The maximum atomic E-state index is 12.3. The van der Waals surface area contributed by atoms with Crippen molar-refractivity contribution >= 4 is 39.7 Å². The molecule has 0 radical (unpaired) electrons. The van der Waals surface area contributed by atoms with Gasteiger partial charge >= 0.3 is 0 Å². The summed E-state index contributed by atoms with van der Waals surface area (Å²) in [6, 6.07) is 6.50. The number of hydrogen-bond acceptors (Lipinski definition) is 5. The predicted molar refractivity (Wildman–Crippen MR) is 97.0 cm³/mol. The lowest BCUT2D eigenvalue weighted by Crippen LogP contribution is -2.54. The molecular formula is C15H24ClN3O4S. The van der Waals surface area contributed by atoms with Gasteiger partial charge < -0.3 is 15.8 Å². The van der Waals surface area contributed by atoms with Gasteiger partial charge in [0.2, 0.25) is 15.9 Å². The zero-order valence-corrected chi connectivity index (χ0v) is 15.2. The van der Waals surface area contributed by atoms with Crippen molar-refractivity contribution in [3.8, 4) is 0 Å². The van der Waals surface area contributed by atoms with Gasteiger partial charge in [0, 0.05) is 24.6 Å². The molecule has 1 heterocycles. The second-order valence-electron chi connectivity index (χ2n) is 5.72. The van der Waals surface area contributed by atoms with Gasteiger partial charge in [0.1, 0.15) is 5.54 Å². The number of benzene rings is 1. The number of halogens is 1. The molecule has 0 atom stereocenters. The monoisotopic (exact) mass is 377 g/mol. The molecule has 0 unspecified atom stereocenters. The van der Waals surface area contributed by atoms with Gasteiger partial charge in [0.15, 0.2) is 0 Å². The predicted octanol–water partition coefficient (Wildman–Crippen LogP) is 1.71. The van der Waals surface area contributed by atoms with Gasteiger partial charge in [-0.3, -0.25) is 9.52 Å². The van der Waals surface area contributed by atoms with Crippen LogP contribution in [0.4, 0.5) is 11.4 Å². The van der Waals surface area contributed by atoms with Crippen molar-refractivity contribution in [3.63, 3.8) is 0 Å². The molecular weight excluding hydrogens is 354 g/mol. The standard InChI is InChI=1S/C15H23N3O4S.ClH/c1-2-11-23(20,21)18-13-5-3-12(4-6-13)17-14(19)15(16)7-9-22-10-8-15;/h3-6,18H,2,7-11,16H2,1H3,(H,17,19);1H. The second-order valence-corrected chi connectivity index (χ2v) is 7.56. The molecule has 4 N–H and O–H groups in total. The minimum Gasteiger partial charge on any atom is -0.381 e. The summed E-state index contributed by atoms with van der Waals surface area (Å²) in [5, 5.41) is 2.77. The van der Waals surface area contributed by atoms with Crippen molar-refractivity contribution in [1.82, 2.24) is 0 Å². The third-order valence-corrected chi connectivity index (χ3v) is 5.22. The Hall–Kier alpha value is -1.35. The molecule has 0 bridgehead atoms. The van der Waals surface area contributed by atoms with E-state index >= 15 is 0 Å². The van der Waals surface area contributed by atoms with Gasteiger partial charge in [-0.2, -0.15) is 0 Å². The van der Waals surface area contributed by atoms with Crippen molar-refractivity contribution in [3.05, 3.63) is 24.3 Å². The van der Waals surface area contributed by atoms with Gasteiger partial charge in [0.25, 0.3) is 0 Å². The van der Waals surface area contributed by atoms with Crippen molar-refractivity contribution < 1.29 is 17.9 Å². The summed E-state index contributed by atoms with van der Waals surface area (Å²) < 4.78 is 31.1. The number of nitrogens with two attached hydrogens (primary N) is 1. The Morgan fingerprint density at radius 2 is 1.75 bits per heavy atom. The van der Waals surface area contributed by atoms with Crippen molar-refractivity contribution in [2.75, 3.05) is 29.0 Å². The van der Waals surface area contributed by atoms with E-state index in [4.69, 9.17) is 10.5 Å². The summed E-state index contributed by atoms with van der Waals surface area (Å²) in [7, 11) is -3.32. The molecule has 0 saturated carbocycles. The molecule has 1 amide bonds. The lowest BCUT2D eigenvalue weighted by atomic mass is 9.90. The van der Waals surface area contributed by atoms with E-state index in [-0.39, 0.29) is 24.1 Å². The Labute approximate surface area is 148 Å². The van der Waals surface area contributed by atoms with Crippen LogP contribution < -0.4 is 15.8 Å². The number of amides is 1. The van der Waals surface area contributed by atoms with Gasteiger partial charge in [-0.1, -0.05) is 6.92 Å². The first kappa shape index (κ1) is 20.7. The van der Waals surface area contributed by atoms with Crippen LogP contribution in [0.1, 0.15) is 26.2 Å². The first-order chi connectivity index (χ1) is 10.8. The Balaban J connectivity index is 0.00000288. The SMILES string of the molecule is CCCS(=O)(=O)Nc1ccc(NC(=O)C2(N)CCOCC2)cc1.Cl. The molecule has 1 aromatic carbocycles. The van der Waals surface area contributed by atoms with E-state index < -0.39 is 15.6 Å². The fourth-order valence-corrected chi connectivity index (χ4v) is 3.47. The summed E-state index contributed by atoms with van der Waals surface area (Å²) in [5.74, 6) is -0.177. The maximum absolute atomic E-state index is 12.3. The van der Waals surface area contributed by atoms with Crippen LogP contribution in [0.2, 0.25) is 0 Å². The van der Waals surface area contributed by atoms with Gasteiger partial charge in [-0.25, -0.2) is 8.42 Å². The number of carbonyl (C=O) groups excluding carboxylic acids is 1. The summed E-state index contributed by atoms with van der Waals surface area (Å²) in [6.07, 6.45) is 1.51. The van der Waals surface area contributed by atoms with Crippen LogP contribution in [0.25, 0.3) is 0 Å². The van der Waals surface area contributed by atoms with Gasteiger partial charge in [-0.15, -0.1) is 12.4 Å². The highest BCUT2D eigenvalue weighted by molar-refractivity contribution is 7.92. The van der Waals surface area contributed by atoms with Crippen LogP contribution in [0, 0.1) is 0 Å². The van der Waals surface area contributed by atoms with E-state index in [1.165, 1.54) is 0 Å².